The Labute approximate surface area is 295 Å². The Balaban J connectivity index is 1.94. The van der Waals surface area contributed by atoms with Crippen molar-refractivity contribution in [2.24, 2.45) is 10.8 Å². The zero-order valence-electron chi connectivity index (χ0n) is 30.0. The topological polar surface area (TPSA) is 184 Å². The molecule has 0 aliphatic carbocycles. The molecular weight excluding hydrogens is 668 g/mol. The van der Waals surface area contributed by atoms with Crippen LogP contribution in [0.15, 0.2) is 53.4 Å². The number of rotatable bonds is 17. The Kier molecular flexibility index (Phi) is 13.9. The molecule has 15 heteroatoms. The van der Waals surface area contributed by atoms with E-state index in [0.717, 1.165) is 5.56 Å². The van der Waals surface area contributed by atoms with Crippen LogP contribution in [0.25, 0.3) is 0 Å². The molecule has 1 aliphatic rings. The van der Waals surface area contributed by atoms with Crippen LogP contribution >= 0.6 is 0 Å². The molecule has 50 heavy (non-hydrogen) atoms. The highest BCUT2D eigenvalue weighted by Crippen LogP contribution is 2.36. The minimum absolute atomic E-state index is 0.0100. The predicted molar refractivity (Wildman–Crippen MR) is 186 cm³/mol. The van der Waals surface area contributed by atoms with Gasteiger partial charge in [-0.3, -0.25) is 4.79 Å². The van der Waals surface area contributed by atoms with Crippen molar-refractivity contribution in [1.82, 2.24) is 19.8 Å². The lowest BCUT2D eigenvalue weighted by atomic mass is 9.85. The molecule has 1 aliphatic heterocycles. The van der Waals surface area contributed by atoms with Crippen molar-refractivity contribution in [1.29, 1.82) is 0 Å². The highest BCUT2D eigenvalue weighted by Gasteiger charge is 2.38. The molecule has 0 saturated heterocycles. The van der Waals surface area contributed by atoms with Crippen LogP contribution in [0.3, 0.4) is 0 Å². The van der Waals surface area contributed by atoms with Crippen LogP contribution in [0.4, 0.5) is 9.59 Å². The summed E-state index contributed by atoms with van der Waals surface area (Å²) in [6, 6.07) is 11.5. The van der Waals surface area contributed by atoms with Crippen molar-refractivity contribution >= 4 is 28.1 Å². The number of ether oxygens (including phenoxy) is 3. The standard InChI is InChI=1S/C35H52N4O10S/c1-34(2,3)30(37-32(42)47-7)31(41)36-26(19-24-13-9-8-10-14-24)27(40)21-39(22-35(4,5)17-11-12-18-38(6)33(43)44)50(45,46)25-15-16-28-29(20-25)49-23-48-28/h8-10,13-16,20,26-27,30,40H,11-12,17-19,21-23H2,1-7H3,(H,36,41)(H,37,42)(H,43,44)/t26-,27+,30+/m0/s1. The largest absolute Gasteiger partial charge is 0.465 e. The number of carbonyl (C=O) groups is 3. The van der Waals surface area contributed by atoms with E-state index in [1.807, 2.05) is 44.2 Å². The number of carboxylic acid groups (broad SMARTS) is 1. The maximum Gasteiger partial charge on any atom is 0.407 e. The SMILES string of the molecule is COC(=O)N[C@H](C(=O)N[C@@H](Cc1ccccc1)[C@H](O)CN(CC(C)(C)CCCCN(C)C(=O)O)S(=O)(=O)c1ccc2c(c1)OCO2)C(C)(C)C. The number of alkyl carbamates (subject to hydrolysis) is 1. The first-order valence-corrected chi connectivity index (χ1v) is 18.0. The van der Waals surface area contributed by atoms with Gasteiger partial charge in [-0.05, 0) is 47.8 Å². The zero-order chi connectivity index (χ0) is 37.3. The van der Waals surface area contributed by atoms with E-state index < -0.39 is 57.1 Å². The van der Waals surface area contributed by atoms with Gasteiger partial charge in [0, 0.05) is 32.7 Å². The van der Waals surface area contributed by atoms with Crippen LogP contribution in [0, 0.1) is 10.8 Å². The molecule has 3 atom stereocenters. The lowest BCUT2D eigenvalue weighted by Crippen LogP contribution is -2.59. The van der Waals surface area contributed by atoms with Crippen molar-refractivity contribution in [3.63, 3.8) is 0 Å². The second-order valence-corrected chi connectivity index (χ2v) is 16.4. The average Bonchev–Trinajstić information content (AvgIpc) is 3.52. The zero-order valence-corrected chi connectivity index (χ0v) is 30.8. The van der Waals surface area contributed by atoms with Crippen molar-refractivity contribution in [3.05, 3.63) is 54.1 Å². The van der Waals surface area contributed by atoms with Gasteiger partial charge in [-0.15, -0.1) is 0 Å². The van der Waals surface area contributed by atoms with Gasteiger partial charge >= 0.3 is 12.2 Å². The summed E-state index contributed by atoms with van der Waals surface area (Å²) in [6.07, 6.45) is -1.24. The van der Waals surface area contributed by atoms with Crippen LogP contribution in [-0.4, -0.2) is 105 Å². The van der Waals surface area contributed by atoms with Gasteiger partial charge in [0.2, 0.25) is 22.7 Å². The van der Waals surface area contributed by atoms with Crippen molar-refractivity contribution in [2.75, 3.05) is 40.6 Å². The minimum Gasteiger partial charge on any atom is -0.465 e. The second kappa shape index (κ2) is 17.2. The smallest absolute Gasteiger partial charge is 0.407 e. The molecular formula is C35H52N4O10S. The van der Waals surface area contributed by atoms with Gasteiger partial charge in [-0.25, -0.2) is 18.0 Å². The van der Waals surface area contributed by atoms with E-state index in [0.29, 0.717) is 31.6 Å². The summed E-state index contributed by atoms with van der Waals surface area (Å²) >= 11 is 0. The molecule has 0 unspecified atom stereocenters. The summed E-state index contributed by atoms with van der Waals surface area (Å²) in [5, 5.41) is 26.5. The first-order valence-electron chi connectivity index (χ1n) is 16.5. The fourth-order valence-corrected chi connectivity index (χ4v) is 7.31. The minimum atomic E-state index is -4.23. The lowest BCUT2D eigenvalue weighted by molar-refractivity contribution is -0.127. The van der Waals surface area contributed by atoms with Crippen LogP contribution in [0.2, 0.25) is 0 Å². The number of benzene rings is 2. The molecule has 0 saturated carbocycles. The highest BCUT2D eigenvalue weighted by atomic mass is 32.2. The first kappa shape index (κ1) is 40.4. The molecule has 0 aromatic heterocycles. The predicted octanol–water partition coefficient (Wildman–Crippen LogP) is 4.07. The number of hydrogen-bond donors (Lipinski definition) is 4. The molecule has 3 rings (SSSR count). The number of hydrogen-bond acceptors (Lipinski definition) is 9. The number of sulfonamides is 1. The van der Waals surface area contributed by atoms with Gasteiger partial charge in [0.25, 0.3) is 0 Å². The molecule has 2 aromatic rings. The third-order valence-corrected chi connectivity index (χ3v) is 10.4. The Morgan fingerprint density at radius 2 is 1.64 bits per heavy atom. The number of carbonyl (C=O) groups excluding carboxylic acids is 2. The Morgan fingerprint density at radius 3 is 2.26 bits per heavy atom. The number of nitrogens with one attached hydrogen (secondary N) is 2. The van der Waals surface area contributed by atoms with Gasteiger partial charge in [0.15, 0.2) is 11.5 Å². The molecule has 0 radical (unpaired) electrons. The third-order valence-electron chi connectivity index (χ3n) is 8.57. The summed E-state index contributed by atoms with van der Waals surface area (Å²) in [6.45, 7) is 9.10. The third kappa shape index (κ3) is 11.5. The fraction of sp³-hybridized carbons (Fsp3) is 0.571. The molecule has 4 N–H and O–H groups in total. The second-order valence-electron chi connectivity index (χ2n) is 14.4. The summed E-state index contributed by atoms with van der Waals surface area (Å²) in [5.74, 6) is 0.135. The van der Waals surface area contributed by atoms with E-state index in [9.17, 15) is 33.0 Å². The molecule has 1 heterocycles. The maximum atomic E-state index is 14.3. The molecule has 0 spiro atoms. The van der Waals surface area contributed by atoms with Gasteiger partial charge in [-0.1, -0.05) is 71.4 Å². The van der Waals surface area contributed by atoms with E-state index >= 15 is 0 Å². The molecule has 2 aromatic carbocycles. The van der Waals surface area contributed by atoms with Crippen LogP contribution < -0.4 is 20.1 Å². The normalized spacial score (nSPS) is 14.8. The van der Waals surface area contributed by atoms with Crippen LogP contribution in [0.5, 0.6) is 11.5 Å². The van der Waals surface area contributed by atoms with Crippen molar-refractivity contribution in [3.8, 4) is 11.5 Å². The number of aliphatic hydroxyl groups excluding tert-OH is 1. The molecule has 278 valence electrons. The number of unbranched alkanes of at least 4 members (excludes halogenated alkanes) is 1. The number of fused-ring (bicyclic) bond motifs is 1. The van der Waals surface area contributed by atoms with Gasteiger partial charge in [-0.2, -0.15) is 4.31 Å². The van der Waals surface area contributed by atoms with Crippen molar-refractivity contribution < 1.29 is 47.2 Å². The number of methoxy groups -OCH3 is 1. The maximum absolute atomic E-state index is 14.3. The lowest BCUT2D eigenvalue weighted by Gasteiger charge is -2.36. The Hall–Kier alpha value is -4.08. The monoisotopic (exact) mass is 720 g/mol. The molecule has 14 nitrogen and oxygen atoms in total. The van der Waals surface area contributed by atoms with E-state index in [4.69, 9.17) is 14.2 Å². The van der Waals surface area contributed by atoms with Gasteiger partial charge in [0.05, 0.1) is 24.2 Å². The Morgan fingerprint density at radius 1 is 0.980 bits per heavy atom. The van der Waals surface area contributed by atoms with Gasteiger partial charge in [0.1, 0.15) is 6.04 Å². The highest BCUT2D eigenvalue weighted by molar-refractivity contribution is 7.89. The molecule has 0 fully saturated rings. The van der Waals surface area contributed by atoms with Crippen molar-refractivity contribution in [2.45, 2.75) is 83.4 Å². The summed E-state index contributed by atoms with van der Waals surface area (Å²) < 4.78 is 45.4. The number of nitrogens with zero attached hydrogens (tertiary/aromatic N) is 2. The van der Waals surface area contributed by atoms with E-state index in [1.54, 1.807) is 20.8 Å². The number of aliphatic hydroxyl groups is 1. The van der Waals surface area contributed by atoms with E-state index in [2.05, 4.69) is 10.6 Å². The summed E-state index contributed by atoms with van der Waals surface area (Å²) in [4.78, 5) is 38.2. The van der Waals surface area contributed by atoms with Crippen LogP contribution in [-0.2, 0) is 26.0 Å². The quantitative estimate of drug-likeness (QED) is 0.174. The van der Waals surface area contributed by atoms with E-state index in [1.165, 1.54) is 41.6 Å². The van der Waals surface area contributed by atoms with E-state index in [-0.39, 0.29) is 36.9 Å². The Bertz CT molecular complexity index is 1560. The van der Waals surface area contributed by atoms with Crippen LogP contribution in [0.1, 0.15) is 59.4 Å². The van der Waals surface area contributed by atoms with Gasteiger partial charge < -0.3 is 40.0 Å². The molecule has 0 bridgehead atoms. The average molecular weight is 721 g/mol. The summed E-state index contributed by atoms with van der Waals surface area (Å²) in [7, 11) is -1.55. The summed E-state index contributed by atoms with van der Waals surface area (Å²) in [5.41, 5.74) is -0.537. The molecule has 3 amide bonds. The number of amides is 3. The first-order chi connectivity index (χ1) is 23.3. The fourth-order valence-electron chi connectivity index (χ4n) is 5.64.